The maximum atomic E-state index is 13.7. The highest BCUT2D eigenvalue weighted by Gasteiger charge is 2.52. The molecule has 2 aliphatic rings. The molecule has 36 heavy (non-hydrogen) atoms. The lowest BCUT2D eigenvalue weighted by molar-refractivity contribution is -0.116. The van der Waals surface area contributed by atoms with Gasteiger partial charge in [0, 0.05) is 12.5 Å². The second-order valence-corrected chi connectivity index (χ2v) is 17.5. The maximum Gasteiger partial charge on any atom is 0.416 e. The van der Waals surface area contributed by atoms with E-state index in [0.717, 1.165) is 0 Å². The minimum Gasteiger partial charge on any atom is -0.493 e. The van der Waals surface area contributed by atoms with Gasteiger partial charge in [-0.2, -0.15) is 0 Å². The summed E-state index contributed by atoms with van der Waals surface area (Å²) in [6.07, 6.45) is -1.92. The van der Waals surface area contributed by atoms with Crippen molar-refractivity contribution in [3.63, 3.8) is 0 Å². The second kappa shape index (κ2) is 10.2. The number of anilines is 1. The predicted octanol–water partition coefficient (Wildman–Crippen LogP) is 5.16. The molecule has 2 amide bonds. The average molecular weight is 582 g/mol. The first kappa shape index (κ1) is 28.8. The summed E-state index contributed by atoms with van der Waals surface area (Å²) in [6, 6.07) is 2.23. The molecule has 1 aromatic rings. The summed E-state index contributed by atoms with van der Waals surface area (Å²) in [5, 5.41) is -0.246. The van der Waals surface area contributed by atoms with Crippen LogP contribution in [-0.4, -0.2) is 74.4 Å². The molecule has 2 aliphatic heterocycles. The fourth-order valence-electron chi connectivity index (χ4n) is 3.92. The third-order valence-electron chi connectivity index (χ3n) is 6.80. The molecule has 0 unspecified atom stereocenters. The normalized spacial score (nSPS) is 20.6. The van der Waals surface area contributed by atoms with Crippen LogP contribution in [0.15, 0.2) is 12.1 Å². The van der Waals surface area contributed by atoms with Crippen molar-refractivity contribution in [3.05, 3.63) is 17.7 Å². The minimum absolute atomic E-state index is 0.0154. The molecular weight excluding hydrogens is 551 g/mol. The summed E-state index contributed by atoms with van der Waals surface area (Å²) >= 11 is 17.5. The number of Topliss-reactive ketones (excluding diaryl/α,β-unsaturated/α-hetero) is 1. The zero-order chi connectivity index (χ0) is 27.2. The van der Waals surface area contributed by atoms with E-state index in [9.17, 15) is 14.4 Å². The molecule has 0 bridgehead atoms. The number of amides is 2. The van der Waals surface area contributed by atoms with Crippen LogP contribution in [-0.2, 0) is 14.0 Å². The molecule has 0 N–H and O–H groups in total. The van der Waals surface area contributed by atoms with Crippen molar-refractivity contribution in [1.82, 2.24) is 4.90 Å². The average Bonchev–Trinajstić information content (AvgIpc) is 3.13. The molecule has 2 heterocycles. The largest absolute Gasteiger partial charge is 0.493 e. The van der Waals surface area contributed by atoms with Gasteiger partial charge in [0.1, 0.15) is 6.61 Å². The molecule has 0 saturated carbocycles. The van der Waals surface area contributed by atoms with Gasteiger partial charge < -0.3 is 23.5 Å². The summed E-state index contributed by atoms with van der Waals surface area (Å²) in [5.74, 6) is -0.0180. The fourth-order valence-corrected chi connectivity index (χ4v) is 5.30. The van der Waals surface area contributed by atoms with E-state index in [4.69, 9.17) is 53.4 Å². The molecule has 13 heteroatoms. The minimum atomic E-state index is -2.56. The first-order valence-corrected chi connectivity index (χ1v) is 15.3. The highest BCUT2D eigenvalue weighted by atomic mass is 35.6. The number of rotatable bonds is 5. The maximum absolute atomic E-state index is 13.7. The molecule has 1 fully saturated rings. The Morgan fingerprint density at radius 2 is 1.67 bits per heavy atom. The van der Waals surface area contributed by atoms with Crippen LogP contribution in [0.3, 0.4) is 0 Å². The molecule has 3 rings (SSSR count). The first-order valence-electron chi connectivity index (χ1n) is 11.3. The molecule has 2 atom stereocenters. The SMILES string of the molecule is COc1cc2c(cc1OC)N(C(=O)OCC(Cl)(Cl)Cl)[C@@H](O[Si](C)(C)C(C)(C)C)[C@@H]1CC(=O)CN1C2=O. The van der Waals surface area contributed by atoms with Gasteiger partial charge in [-0.05, 0) is 24.2 Å². The third kappa shape index (κ3) is 5.72. The van der Waals surface area contributed by atoms with Crippen molar-refractivity contribution < 1.29 is 33.0 Å². The molecule has 0 spiro atoms. The number of hydrogen-bond donors (Lipinski definition) is 0. The molecule has 0 aromatic heterocycles. The number of carbonyl (C=O) groups excluding carboxylic acids is 3. The zero-order valence-electron chi connectivity index (χ0n) is 21.3. The van der Waals surface area contributed by atoms with Gasteiger partial charge in [0.2, 0.25) is 3.79 Å². The molecule has 200 valence electrons. The van der Waals surface area contributed by atoms with Crippen LogP contribution in [0, 0.1) is 0 Å². The van der Waals surface area contributed by atoms with Crippen molar-refractivity contribution in [1.29, 1.82) is 0 Å². The summed E-state index contributed by atoms with van der Waals surface area (Å²) in [4.78, 5) is 42.6. The number of carbonyl (C=O) groups is 3. The first-order chi connectivity index (χ1) is 16.5. The summed E-state index contributed by atoms with van der Waals surface area (Å²) < 4.78 is 21.1. The zero-order valence-corrected chi connectivity index (χ0v) is 24.6. The monoisotopic (exact) mass is 580 g/mol. The second-order valence-electron chi connectivity index (χ2n) is 10.3. The van der Waals surface area contributed by atoms with Crippen LogP contribution in [0.5, 0.6) is 11.5 Å². The lowest BCUT2D eigenvalue weighted by Crippen LogP contribution is -2.58. The Hall–Kier alpha value is -1.72. The molecule has 1 aromatic carbocycles. The van der Waals surface area contributed by atoms with Gasteiger partial charge in [0.25, 0.3) is 5.91 Å². The van der Waals surface area contributed by atoms with Gasteiger partial charge in [-0.25, -0.2) is 9.69 Å². The van der Waals surface area contributed by atoms with E-state index >= 15 is 0 Å². The van der Waals surface area contributed by atoms with Crippen LogP contribution >= 0.6 is 34.8 Å². The molecule has 9 nitrogen and oxygen atoms in total. The van der Waals surface area contributed by atoms with Gasteiger partial charge in [0.15, 0.2) is 31.8 Å². The smallest absolute Gasteiger partial charge is 0.416 e. The van der Waals surface area contributed by atoms with E-state index in [2.05, 4.69) is 0 Å². The van der Waals surface area contributed by atoms with E-state index < -0.39 is 43.0 Å². The summed E-state index contributed by atoms with van der Waals surface area (Å²) in [5.41, 5.74) is 0.303. The third-order valence-corrected chi connectivity index (χ3v) is 11.6. The van der Waals surface area contributed by atoms with E-state index in [-0.39, 0.29) is 46.5 Å². The number of benzene rings is 1. The quantitative estimate of drug-likeness (QED) is 0.350. The Morgan fingerprint density at radius 3 is 2.19 bits per heavy atom. The Balaban J connectivity index is 2.26. The van der Waals surface area contributed by atoms with Crippen molar-refractivity contribution in [3.8, 4) is 11.5 Å². The van der Waals surface area contributed by atoms with Gasteiger partial charge in [0.05, 0.1) is 38.1 Å². The predicted molar refractivity (Wildman–Crippen MR) is 140 cm³/mol. The Bertz CT molecular complexity index is 1060. The van der Waals surface area contributed by atoms with E-state index in [0.29, 0.717) is 0 Å². The number of ketones is 1. The summed E-state index contributed by atoms with van der Waals surface area (Å²) in [7, 11) is 0.314. The van der Waals surface area contributed by atoms with Crippen molar-refractivity contribution in [2.24, 2.45) is 0 Å². The van der Waals surface area contributed by atoms with Crippen LogP contribution in [0.4, 0.5) is 10.5 Å². The van der Waals surface area contributed by atoms with E-state index in [1.165, 1.54) is 36.2 Å². The van der Waals surface area contributed by atoms with Crippen LogP contribution in [0.2, 0.25) is 18.1 Å². The number of fused-ring (bicyclic) bond motifs is 2. The number of alkyl halides is 3. The number of methoxy groups -OCH3 is 2. The van der Waals surface area contributed by atoms with Gasteiger partial charge >= 0.3 is 6.09 Å². The highest BCUT2D eigenvalue weighted by Crippen LogP contribution is 2.44. The Morgan fingerprint density at radius 1 is 1.08 bits per heavy atom. The molecule has 0 radical (unpaired) electrons. The van der Waals surface area contributed by atoms with Crippen molar-refractivity contribution in [2.45, 2.75) is 61.4 Å². The number of hydrogen-bond acceptors (Lipinski definition) is 7. The van der Waals surface area contributed by atoms with Gasteiger partial charge in [-0.15, -0.1) is 0 Å². The lowest BCUT2D eigenvalue weighted by atomic mass is 10.1. The number of nitrogens with zero attached hydrogens (tertiary/aromatic N) is 2. The lowest BCUT2D eigenvalue weighted by Gasteiger charge is -2.44. The van der Waals surface area contributed by atoms with Crippen molar-refractivity contribution >= 4 is 66.6 Å². The fraction of sp³-hybridized carbons (Fsp3) is 0.609. The van der Waals surface area contributed by atoms with Crippen LogP contribution in [0.25, 0.3) is 0 Å². The molecule has 0 aliphatic carbocycles. The van der Waals surface area contributed by atoms with E-state index in [1.54, 1.807) is 0 Å². The van der Waals surface area contributed by atoms with Crippen LogP contribution < -0.4 is 14.4 Å². The Labute approximate surface area is 226 Å². The standard InChI is InChI=1S/C23H31Cl3N2O7Si/c1-22(2,3)36(6,7)35-20-16-8-13(29)11-27(16)19(30)14-9-17(32-4)18(33-5)10-15(14)28(20)21(31)34-12-23(24,25)26/h9-10,16,20H,8,11-12H2,1-7H3/t16-,20-/m0/s1. The number of halogens is 3. The highest BCUT2D eigenvalue weighted by molar-refractivity contribution is 6.74. The van der Waals surface area contributed by atoms with Gasteiger partial charge in [-0.1, -0.05) is 55.6 Å². The Kier molecular flexibility index (Phi) is 8.18. The van der Waals surface area contributed by atoms with E-state index in [1.807, 2.05) is 33.9 Å². The topological polar surface area (TPSA) is 94.6 Å². The van der Waals surface area contributed by atoms with Crippen molar-refractivity contribution in [2.75, 3.05) is 32.3 Å². The number of ether oxygens (including phenoxy) is 3. The van der Waals surface area contributed by atoms with Gasteiger partial charge in [-0.3, -0.25) is 9.59 Å². The molecular formula is C23H31Cl3N2O7Si. The molecule has 1 saturated heterocycles. The summed E-state index contributed by atoms with van der Waals surface area (Å²) in [6.45, 7) is 9.53. The van der Waals surface area contributed by atoms with Crippen LogP contribution in [0.1, 0.15) is 37.6 Å².